The van der Waals surface area contributed by atoms with Crippen LogP contribution in [0.2, 0.25) is 0 Å². The number of carboxylic acids is 1. The molecule has 1 saturated heterocycles. The van der Waals surface area contributed by atoms with Crippen LogP contribution in [-0.2, 0) is 9.59 Å². The number of carboxylic acid groups (broad SMARTS) is 1. The number of carbonyl (C=O) groups is 2. The average Bonchev–Trinajstić information content (AvgIpc) is 2.52. The number of carbonyl (C=O) groups excluding carboxylic acids is 1. The molecule has 5 heteroatoms. The van der Waals surface area contributed by atoms with Gasteiger partial charge in [-0.15, -0.1) is 0 Å². The molecule has 0 aromatic rings. The maximum Gasteiger partial charge on any atom is 0.327 e. The van der Waals surface area contributed by atoms with E-state index in [0.717, 1.165) is 19.0 Å². The Morgan fingerprint density at radius 3 is 2.36 bits per heavy atom. The molecule has 14 heavy (non-hydrogen) atoms. The second kappa shape index (κ2) is 6.15. The summed E-state index contributed by atoms with van der Waals surface area (Å²) in [5, 5.41) is 16.5. The van der Waals surface area contributed by atoms with E-state index in [1.807, 2.05) is 0 Å². The van der Waals surface area contributed by atoms with Crippen LogP contribution in [0.1, 0.15) is 19.8 Å². The highest BCUT2D eigenvalue weighted by molar-refractivity contribution is 5.78. The van der Waals surface area contributed by atoms with Crippen molar-refractivity contribution in [3.63, 3.8) is 0 Å². The number of hydrogen-bond acceptors (Lipinski definition) is 3. The van der Waals surface area contributed by atoms with E-state index in [1.54, 1.807) is 6.92 Å². The van der Waals surface area contributed by atoms with Crippen LogP contribution < -0.4 is 0 Å². The first-order chi connectivity index (χ1) is 6.49. The number of rotatable bonds is 2. The molecule has 0 aromatic heterocycles. The summed E-state index contributed by atoms with van der Waals surface area (Å²) in [6.07, 6.45) is 1.73. The molecule has 1 rings (SSSR count). The van der Waals surface area contributed by atoms with Gasteiger partial charge < -0.3 is 15.1 Å². The molecule has 0 bridgehead atoms. The molecule has 0 radical (unpaired) electrons. The van der Waals surface area contributed by atoms with Gasteiger partial charge in [-0.25, -0.2) is 4.79 Å². The fourth-order valence-electron chi connectivity index (χ4n) is 1.06. The van der Waals surface area contributed by atoms with Crippen LogP contribution in [0.4, 0.5) is 0 Å². The Labute approximate surface area is 82.6 Å². The summed E-state index contributed by atoms with van der Waals surface area (Å²) in [6.45, 7) is 5.29. The van der Waals surface area contributed by atoms with E-state index in [1.165, 1.54) is 4.90 Å². The zero-order valence-corrected chi connectivity index (χ0v) is 8.14. The predicted octanol–water partition coefficient (Wildman–Crippen LogP) is 0.204. The van der Waals surface area contributed by atoms with Crippen LogP contribution in [0.5, 0.6) is 0 Å². The highest BCUT2D eigenvalue weighted by Gasteiger charge is 2.22. The van der Waals surface area contributed by atoms with E-state index in [-0.39, 0.29) is 5.91 Å². The topological polar surface area (TPSA) is 77.8 Å². The van der Waals surface area contributed by atoms with Crippen LogP contribution in [0.25, 0.3) is 0 Å². The third-order valence-corrected chi connectivity index (χ3v) is 1.74. The Morgan fingerprint density at radius 1 is 1.71 bits per heavy atom. The third-order valence-electron chi connectivity index (χ3n) is 1.74. The Morgan fingerprint density at radius 2 is 2.21 bits per heavy atom. The van der Waals surface area contributed by atoms with Crippen molar-refractivity contribution >= 4 is 11.9 Å². The lowest BCUT2D eigenvalue weighted by molar-refractivity contribution is -0.135. The van der Waals surface area contributed by atoms with Gasteiger partial charge in [0, 0.05) is 19.0 Å². The Hall–Kier alpha value is -1.36. The van der Waals surface area contributed by atoms with Gasteiger partial charge in [-0.1, -0.05) is 6.58 Å². The summed E-state index contributed by atoms with van der Waals surface area (Å²) in [6, 6.07) is 0. The van der Waals surface area contributed by atoms with Crippen LogP contribution in [0.15, 0.2) is 12.7 Å². The van der Waals surface area contributed by atoms with Crippen molar-refractivity contribution in [2.75, 3.05) is 6.54 Å². The lowest BCUT2D eigenvalue weighted by atomic mass is 10.4. The van der Waals surface area contributed by atoms with E-state index < -0.39 is 12.2 Å². The number of nitrogens with zero attached hydrogens (tertiary/aromatic N) is 1. The summed E-state index contributed by atoms with van der Waals surface area (Å²) in [4.78, 5) is 21.5. The molecule has 1 atom stereocenters. The Kier molecular flexibility index (Phi) is 5.55. The average molecular weight is 201 g/mol. The second-order valence-corrected chi connectivity index (χ2v) is 2.86. The van der Waals surface area contributed by atoms with Crippen LogP contribution in [0.3, 0.4) is 0 Å². The molecule has 0 spiro atoms. The summed E-state index contributed by atoms with van der Waals surface area (Å²) in [5.41, 5.74) is 0. The van der Waals surface area contributed by atoms with E-state index >= 15 is 0 Å². The third kappa shape index (κ3) is 4.61. The van der Waals surface area contributed by atoms with E-state index in [9.17, 15) is 9.59 Å². The Balaban J connectivity index is 0.000000292. The van der Waals surface area contributed by atoms with Crippen LogP contribution >= 0.6 is 0 Å². The lowest BCUT2D eigenvalue weighted by Gasteiger charge is -2.17. The zero-order chi connectivity index (χ0) is 11.1. The molecular formula is C9H15NO4. The predicted molar refractivity (Wildman–Crippen MR) is 50.5 cm³/mol. The molecular weight excluding hydrogens is 186 g/mol. The quantitative estimate of drug-likeness (QED) is 0.626. The van der Waals surface area contributed by atoms with Gasteiger partial charge in [-0.05, 0) is 13.3 Å². The fourth-order valence-corrected chi connectivity index (χ4v) is 1.06. The maximum atomic E-state index is 10.8. The Bertz CT molecular complexity index is 225. The minimum absolute atomic E-state index is 0.0741. The largest absolute Gasteiger partial charge is 0.478 e. The van der Waals surface area contributed by atoms with Gasteiger partial charge in [0.05, 0.1) is 0 Å². The highest BCUT2D eigenvalue weighted by atomic mass is 16.4. The normalized spacial score (nSPS) is 17.0. The highest BCUT2D eigenvalue weighted by Crippen LogP contribution is 2.11. The van der Waals surface area contributed by atoms with Crippen LogP contribution in [0, 0.1) is 0 Å². The summed E-state index contributed by atoms with van der Waals surface area (Å²) in [7, 11) is 0. The molecule has 80 valence electrons. The first-order valence-electron chi connectivity index (χ1n) is 4.32. The molecule has 0 saturated carbocycles. The summed E-state index contributed by atoms with van der Waals surface area (Å²) < 4.78 is 0. The molecule has 0 aliphatic carbocycles. The second-order valence-electron chi connectivity index (χ2n) is 2.86. The van der Waals surface area contributed by atoms with Gasteiger partial charge in [0.1, 0.15) is 6.23 Å². The zero-order valence-electron chi connectivity index (χ0n) is 8.14. The fraction of sp³-hybridized carbons (Fsp3) is 0.556. The van der Waals surface area contributed by atoms with Gasteiger partial charge >= 0.3 is 5.97 Å². The number of aliphatic carboxylic acids is 1. The monoisotopic (exact) mass is 201 g/mol. The number of aliphatic hydroxyl groups is 1. The molecule has 1 fully saturated rings. The van der Waals surface area contributed by atoms with Gasteiger partial charge in [0.25, 0.3) is 0 Å². The van der Waals surface area contributed by atoms with Crippen molar-refractivity contribution < 1.29 is 19.8 Å². The molecule has 1 heterocycles. The molecule has 2 N–H and O–H groups in total. The smallest absolute Gasteiger partial charge is 0.327 e. The molecule has 1 aliphatic rings. The van der Waals surface area contributed by atoms with Gasteiger partial charge in [0.2, 0.25) is 5.91 Å². The standard InChI is InChI=1S/C6H11NO2.C3H4O2/c1-5(8)7-4-2-3-6(7)9;1-2-3(4)5/h5,8H,2-4H2,1H3;2H,1H2,(H,4,5). The van der Waals surface area contributed by atoms with Gasteiger partial charge in [-0.2, -0.15) is 0 Å². The van der Waals surface area contributed by atoms with Crippen molar-refractivity contribution in [2.24, 2.45) is 0 Å². The van der Waals surface area contributed by atoms with E-state index in [2.05, 4.69) is 6.58 Å². The minimum atomic E-state index is -0.981. The van der Waals surface area contributed by atoms with Gasteiger partial charge in [-0.3, -0.25) is 4.79 Å². The van der Waals surface area contributed by atoms with Crippen molar-refractivity contribution in [1.82, 2.24) is 4.90 Å². The van der Waals surface area contributed by atoms with E-state index in [0.29, 0.717) is 6.42 Å². The summed E-state index contributed by atoms with van der Waals surface area (Å²) >= 11 is 0. The molecule has 1 amide bonds. The molecule has 1 aliphatic heterocycles. The first kappa shape index (κ1) is 12.6. The number of amides is 1. The maximum absolute atomic E-state index is 10.8. The lowest BCUT2D eigenvalue weighted by Crippen LogP contribution is -2.33. The van der Waals surface area contributed by atoms with Crippen LogP contribution in [-0.4, -0.2) is 39.8 Å². The van der Waals surface area contributed by atoms with E-state index in [4.69, 9.17) is 10.2 Å². The van der Waals surface area contributed by atoms with Gasteiger partial charge in [0.15, 0.2) is 0 Å². The van der Waals surface area contributed by atoms with Crippen molar-refractivity contribution in [3.05, 3.63) is 12.7 Å². The minimum Gasteiger partial charge on any atom is -0.478 e. The van der Waals surface area contributed by atoms with Crippen molar-refractivity contribution in [1.29, 1.82) is 0 Å². The number of aliphatic hydroxyl groups excluding tert-OH is 1. The number of hydrogen-bond donors (Lipinski definition) is 2. The SMILES string of the molecule is C=CC(=O)O.CC(O)N1CCCC1=O. The first-order valence-corrected chi connectivity index (χ1v) is 4.32. The summed E-state index contributed by atoms with van der Waals surface area (Å²) in [5.74, 6) is -0.907. The molecule has 0 aromatic carbocycles. The number of likely N-dealkylation sites (tertiary alicyclic amines) is 1. The molecule has 5 nitrogen and oxygen atoms in total. The van der Waals surface area contributed by atoms with Crippen molar-refractivity contribution in [2.45, 2.75) is 26.0 Å². The van der Waals surface area contributed by atoms with Crippen molar-refractivity contribution in [3.8, 4) is 0 Å². The molecule has 1 unspecified atom stereocenters.